The lowest BCUT2D eigenvalue weighted by molar-refractivity contribution is -0.415. The monoisotopic (exact) mass is 266 g/mol. The van der Waals surface area contributed by atoms with E-state index < -0.39 is 12.5 Å². The Labute approximate surface area is 109 Å². The van der Waals surface area contributed by atoms with Gasteiger partial charge in [-0.1, -0.05) is 30.3 Å². The molecule has 0 radical (unpaired) electrons. The number of nitrogens with one attached hydrogen (secondary N) is 1. The molecule has 0 spiro atoms. The maximum atomic E-state index is 13.1. The van der Waals surface area contributed by atoms with Crippen LogP contribution in [0.2, 0.25) is 0 Å². The Morgan fingerprint density at radius 2 is 1.84 bits per heavy atom. The normalized spacial score (nSPS) is 11.3. The number of pyridine rings is 1. The van der Waals surface area contributed by atoms with Gasteiger partial charge >= 0.3 is 5.92 Å². The first-order valence-corrected chi connectivity index (χ1v) is 5.79. The molecule has 0 saturated carbocycles. The van der Waals surface area contributed by atoms with E-state index in [-0.39, 0.29) is 5.69 Å². The molecule has 0 fully saturated rings. The Bertz CT molecular complexity index is 515. The van der Waals surface area contributed by atoms with Crippen LogP contribution in [0.5, 0.6) is 5.75 Å². The van der Waals surface area contributed by atoms with Crippen LogP contribution in [0.25, 0.3) is 0 Å². The minimum absolute atomic E-state index is 0.345. The molecule has 2 N–H and O–H groups in total. The molecule has 5 heteroatoms. The van der Waals surface area contributed by atoms with Crippen LogP contribution in [-0.4, -0.2) is 11.7 Å². The van der Waals surface area contributed by atoms with Crippen LogP contribution in [0.3, 0.4) is 0 Å². The third-order valence-corrected chi connectivity index (χ3v) is 2.63. The molecular weight excluding hydrogens is 252 g/mol. The second kappa shape index (κ2) is 5.75. The second-order valence-electron chi connectivity index (χ2n) is 4.07. The third-order valence-electron chi connectivity index (χ3n) is 2.63. The molecule has 0 unspecified atom stereocenters. The Morgan fingerprint density at radius 1 is 1.11 bits per heavy atom. The molecule has 0 aliphatic carbocycles. The number of aromatic amines is 1. The number of hydrogen-bond acceptors (Lipinski definition) is 2. The van der Waals surface area contributed by atoms with Gasteiger partial charge < -0.3 is 9.84 Å². The van der Waals surface area contributed by atoms with Crippen LogP contribution in [0.4, 0.5) is 8.78 Å². The van der Waals surface area contributed by atoms with Gasteiger partial charge in [0.05, 0.1) is 0 Å². The fourth-order valence-electron chi connectivity index (χ4n) is 1.55. The smallest absolute Gasteiger partial charge is 0.352 e. The lowest BCUT2D eigenvalue weighted by Gasteiger charge is -2.08. The number of rotatable bonds is 5. The fourth-order valence-corrected chi connectivity index (χ4v) is 1.55. The quantitative estimate of drug-likeness (QED) is 0.901. The van der Waals surface area contributed by atoms with Crippen LogP contribution in [0.1, 0.15) is 11.3 Å². The average Bonchev–Trinajstić information content (AvgIpc) is 2.47. The van der Waals surface area contributed by atoms with E-state index in [1.807, 2.05) is 30.3 Å². The lowest BCUT2D eigenvalue weighted by atomic mass is 10.2. The number of halogens is 2. The fraction of sp³-hybridized carbons (Fsp3) is 0.214. The number of alkyl halides is 2. The van der Waals surface area contributed by atoms with Crippen LogP contribution in [-0.2, 0) is 12.5 Å². The Morgan fingerprint density at radius 3 is 2.42 bits per heavy atom. The summed E-state index contributed by atoms with van der Waals surface area (Å²) in [5.74, 6) is -2.81. The standard InChI is InChI=1S/C14H13F2NO2/c15-14(16,10-18)13-7-6-12(8-17-13)19-9-11-4-2-1-3-5-11/h1-8,18H,9-10H2/p+1. The molecule has 1 aromatic heterocycles. The summed E-state index contributed by atoms with van der Waals surface area (Å²) in [6.07, 6.45) is 1.35. The molecule has 19 heavy (non-hydrogen) atoms. The predicted molar refractivity (Wildman–Crippen MR) is 64.8 cm³/mol. The molecule has 0 aliphatic heterocycles. The van der Waals surface area contributed by atoms with Gasteiger partial charge in [0.1, 0.15) is 13.2 Å². The molecule has 0 atom stereocenters. The summed E-state index contributed by atoms with van der Waals surface area (Å²) in [4.78, 5) is 2.43. The Balaban J connectivity index is 2.00. The highest BCUT2D eigenvalue weighted by Crippen LogP contribution is 2.24. The number of hydrogen-bond donors (Lipinski definition) is 1. The van der Waals surface area contributed by atoms with Gasteiger partial charge in [-0.05, 0) is 11.6 Å². The zero-order valence-corrected chi connectivity index (χ0v) is 10.1. The van der Waals surface area contributed by atoms with Gasteiger partial charge in [-0.3, -0.25) is 0 Å². The molecule has 3 nitrogen and oxygen atoms in total. The van der Waals surface area contributed by atoms with Gasteiger partial charge in [-0.25, -0.2) is 4.98 Å². The van der Waals surface area contributed by atoms with Gasteiger partial charge in [-0.15, -0.1) is 0 Å². The number of benzene rings is 1. The van der Waals surface area contributed by atoms with Crippen LogP contribution in [0, 0.1) is 0 Å². The van der Waals surface area contributed by atoms with Gasteiger partial charge in [0.15, 0.2) is 5.75 Å². The Kier molecular flexibility index (Phi) is 4.06. The van der Waals surface area contributed by atoms with Crippen LogP contribution in [0.15, 0.2) is 48.7 Å². The first-order chi connectivity index (χ1) is 9.12. The van der Waals surface area contributed by atoms with E-state index in [0.717, 1.165) is 5.56 Å². The average molecular weight is 266 g/mol. The summed E-state index contributed by atoms with van der Waals surface area (Å²) < 4.78 is 31.7. The summed E-state index contributed by atoms with van der Waals surface area (Å²) in [7, 11) is 0. The first-order valence-electron chi connectivity index (χ1n) is 5.79. The lowest BCUT2D eigenvalue weighted by Crippen LogP contribution is -2.27. The van der Waals surface area contributed by atoms with E-state index in [1.165, 1.54) is 18.3 Å². The van der Waals surface area contributed by atoms with Gasteiger partial charge in [0, 0.05) is 6.07 Å². The number of aliphatic hydroxyl groups is 1. The van der Waals surface area contributed by atoms with Crippen molar-refractivity contribution in [3.05, 3.63) is 59.9 Å². The highest BCUT2D eigenvalue weighted by Gasteiger charge is 2.37. The van der Waals surface area contributed by atoms with Crippen molar-refractivity contribution in [3.8, 4) is 5.75 Å². The number of aliphatic hydroxyl groups excluding tert-OH is 1. The SMILES string of the molecule is OCC(F)(F)c1ccc(OCc2ccccc2)c[nH+]1. The van der Waals surface area contributed by atoms with Crippen molar-refractivity contribution in [2.75, 3.05) is 6.61 Å². The number of aromatic nitrogens is 1. The third kappa shape index (κ3) is 3.48. The summed E-state index contributed by atoms with van der Waals surface area (Å²) in [6, 6.07) is 12.2. The van der Waals surface area contributed by atoms with Gasteiger partial charge in [-0.2, -0.15) is 8.78 Å². The molecule has 100 valence electrons. The van der Waals surface area contributed by atoms with E-state index in [4.69, 9.17) is 9.84 Å². The number of H-pyrrole nitrogens is 1. The maximum absolute atomic E-state index is 13.1. The van der Waals surface area contributed by atoms with E-state index in [0.29, 0.717) is 12.4 Å². The van der Waals surface area contributed by atoms with Crippen molar-refractivity contribution in [1.29, 1.82) is 0 Å². The molecule has 2 aromatic rings. The summed E-state index contributed by atoms with van der Waals surface area (Å²) in [5, 5.41) is 8.57. The largest absolute Gasteiger partial charge is 0.483 e. The Hall–Kier alpha value is -2.01. The molecule has 1 aromatic carbocycles. The number of ether oxygens (including phenoxy) is 1. The van der Waals surface area contributed by atoms with Crippen molar-refractivity contribution in [3.63, 3.8) is 0 Å². The minimum atomic E-state index is -3.27. The minimum Gasteiger partial charge on any atom is -0.483 e. The van der Waals surface area contributed by atoms with Crippen LogP contribution >= 0.6 is 0 Å². The molecule has 0 saturated heterocycles. The first kappa shape index (κ1) is 13.4. The highest BCUT2D eigenvalue weighted by atomic mass is 19.3. The van der Waals surface area contributed by atoms with E-state index in [1.54, 1.807) is 0 Å². The van der Waals surface area contributed by atoms with Crippen LogP contribution < -0.4 is 9.72 Å². The van der Waals surface area contributed by atoms with E-state index >= 15 is 0 Å². The summed E-state index contributed by atoms with van der Waals surface area (Å²) in [5.41, 5.74) is 0.648. The predicted octanol–water partition coefficient (Wildman–Crippen LogP) is 2.16. The van der Waals surface area contributed by atoms with Crippen molar-refractivity contribution < 1.29 is 23.6 Å². The van der Waals surface area contributed by atoms with Gasteiger partial charge in [0.25, 0.3) is 5.69 Å². The molecular formula is C14H14F2NO2+. The second-order valence-corrected chi connectivity index (χ2v) is 4.07. The van der Waals surface area contributed by atoms with Crippen molar-refractivity contribution >= 4 is 0 Å². The molecule has 0 amide bonds. The van der Waals surface area contributed by atoms with E-state index in [2.05, 4.69) is 4.98 Å². The highest BCUT2D eigenvalue weighted by molar-refractivity contribution is 5.19. The van der Waals surface area contributed by atoms with E-state index in [9.17, 15) is 8.78 Å². The van der Waals surface area contributed by atoms with Crippen molar-refractivity contribution in [2.24, 2.45) is 0 Å². The molecule has 0 aliphatic rings. The molecule has 0 bridgehead atoms. The zero-order valence-electron chi connectivity index (χ0n) is 10.1. The maximum Gasteiger partial charge on any atom is 0.352 e. The van der Waals surface area contributed by atoms with Gasteiger partial charge in [0.2, 0.25) is 6.20 Å². The molecule has 1 heterocycles. The topological polar surface area (TPSA) is 43.6 Å². The van der Waals surface area contributed by atoms with Crippen molar-refractivity contribution in [2.45, 2.75) is 12.5 Å². The van der Waals surface area contributed by atoms with Crippen molar-refractivity contribution in [1.82, 2.24) is 0 Å². The molecule has 2 rings (SSSR count). The zero-order chi connectivity index (χ0) is 13.7. The summed E-state index contributed by atoms with van der Waals surface area (Å²) in [6.45, 7) is -0.863. The summed E-state index contributed by atoms with van der Waals surface area (Å²) >= 11 is 0.